The van der Waals surface area contributed by atoms with Gasteiger partial charge in [0.05, 0.1) is 11.4 Å². The number of nitrogens with two attached hydrogens (primary N) is 1. The van der Waals surface area contributed by atoms with Crippen molar-refractivity contribution in [3.63, 3.8) is 0 Å². The molecule has 0 aliphatic carbocycles. The van der Waals surface area contributed by atoms with Crippen LogP contribution in [0.1, 0.15) is 27.7 Å². The molecule has 5 heteroatoms. The number of nitrogens with zero attached hydrogens (tertiary/aromatic N) is 2. The van der Waals surface area contributed by atoms with E-state index in [1.54, 1.807) is 9.80 Å². The van der Waals surface area contributed by atoms with Crippen molar-refractivity contribution in [1.29, 1.82) is 0 Å². The van der Waals surface area contributed by atoms with Crippen LogP contribution in [0.5, 0.6) is 0 Å². The van der Waals surface area contributed by atoms with Gasteiger partial charge in [0.2, 0.25) is 0 Å². The molecule has 1 aliphatic rings. The Kier molecular flexibility index (Phi) is 3.81. The van der Waals surface area contributed by atoms with E-state index < -0.39 is 6.04 Å². The summed E-state index contributed by atoms with van der Waals surface area (Å²) in [4.78, 5) is 28.2. The van der Waals surface area contributed by atoms with Gasteiger partial charge in [-0.3, -0.25) is 9.59 Å². The Hall–Kier alpha value is -1.88. The maximum Gasteiger partial charge on any atom is 0.253 e. The van der Waals surface area contributed by atoms with Crippen molar-refractivity contribution >= 4 is 23.2 Å². The molecule has 108 valence electrons. The number of rotatable bonds is 2. The normalized spacial score (nSPS) is 16.9. The first-order chi connectivity index (χ1) is 9.36. The summed E-state index contributed by atoms with van der Waals surface area (Å²) >= 11 is 0. The van der Waals surface area contributed by atoms with Crippen LogP contribution in [-0.4, -0.2) is 29.9 Å². The minimum Gasteiger partial charge on any atom is -0.312 e. The Bertz CT molecular complexity index is 493. The van der Waals surface area contributed by atoms with Gasteiger partial charge in [-0.05, 0) is 39.8 Å². The van der Waals surface area contributed by atoms with Gasteiger partial charge >= 0.3 is 0 Å². The minimum absolute atomic E-state index is 0.0605. The fourth-order valence-electron chi connectivity index (χ4n) is 2.58. The van der Waals surface area contributed by atoms with Crippen LogP contribution in [0.2, 0.25) is 0 Å². The van der Waals surface area contributed by atoms with E-state index in [9.17, 15) is 9.59 Å². The lowest BCUT2D eigenvalue weighted by molar-refractivity contribution is -0.128. The summed E-state index contributed by atoms with van der Waals surface area (Å²) in [5.41, 5.74) is 7.35. The molecule has 0 bridgehead atoms. The highest BCUT2D eigenvalue weighted by Crippen LogP contribution is 2.35. The number of carbonyl (C=O) groups is 2. The van der Waals surface area contributed by atoms with E-state index in [0.717, 1.165) is 11.4 Å². The van der Waals surface area contributed by atoms with Crippen LogP contribution in [0.3, 0.4) is 0 Å². The summed E-state index contributed by atoms with van der Waals surface area (Å²) in [6.45, 7) is 7.65. The van der Waals surface area contributed by atoms with Gasteiger partial charge in [-0.15, -0.1) is 0 Å². The number of amides is 2. The summed E-state index contributed by atoms with van der Waals surface area (Å²) in [7, 11) is 0. The number of fused-ring (bicyclic) bond motifs is 1. The zero-order valence-electron chi connectivity index (χ0n) is 12.3. The third-order valence-corrected chi connectivity index (χ3v) is 3.44. The van der Waals surface area contributed by atoms with E-state index in [1.807, 2.05) is 52.0 Å². The van der Waals surface area contributed by atoms with Crippen LogP contribution in [0, 0.1) is 0 Å². The standard InChI is InChI=1S/C15H21N3O2/c1-9(2)17-11-7-5-6-8-12(11)18(10(3)4)15(20)13(16)14(17)19/h5-10,13H,16H2,1-4H3. The van der Waals surface area contributed by atoms with Gasteiger partial charge in [0.1, 0.15) is 0 Å². The topological polar surface area (TPSA) is 66.6 Å². The summed E-state index contributed by atoms with van der Waals surface area (Å²) in [5, 5.41) is 0. The fraction of sp³-hybridized carbons (Fsp3) is 0.467. The molecule has 2 amide bonds. The summed E-state index contributed by atoms with van der Waals surface area (Å²) < 4.78 is 0. The average Bonchev–Trinajstić information content (AvgIpc) is 2.46. The Balaban J connectivity index is 2.69. The molecule has 0 aromatic heterocycles. The van der Waals surface area contributed by atoms with Crippen molar-refractivity contribution in [3.05, 3.63) is 24.3 Å². The Morgan fingerprint density at radius 3 is 1.55 bits per heavy atom. The van der Waals surface area contributed by atoms with Gasteiger partial charge in [0.25, 0.3) is 11.8 Å². The van der Waals surface area contributed by atoms with Gasteiger partial charge in [-0.2, -0.15) is 0 Å². The molecule has 1 aromatic carbocycles. The molecule has 1 aromatic rings. The van der Waals surface area contributed by atoms with Crippen molar-refractivity contribution in [2.45, 2.75) is 45.8 Å². The molecule has 5 nitrogen and oxygen atoms in total. The first kappa shape index (κ1) is 14.5. The average molecular weight is 275 g/mol. The SMILES string of the molecule is CC(C)N1C(=O)C(N)C(=O)N(C(C)C)c2ccccc21. The lowest BCUT2D eigenvalue weighted by Gasteiger charge is -2.29. The molecule has 0 unspecified atom stereocenters. The second-order valence-electron chi connectivity index (χ2n) is 5.57. The van der Waals surface area contributed by atoms with Crippen molar-refractivity contribution in [1.82, 2.24) is 0 Å². The molecule has 0 saturated carbocycles. The highest BCUT2D eigenvalue weighted by molar-refractivity contribution is 6.20. The third-order valence-electron chi connectivity index (χ3n) is 3.44. The van der Waals surface area contributed by atoms with E-state index in [0.29, 0.717) is 0 Å². The Labute approximate surface area is 119 Å². The number of hydrogen-bond donors (Lipinski definition) is 1. The van der Waals surface area contributed by atoms with E-state index >= 15 is 0 Å². The van der Waals surface area contributed by atoms with E-state index in [2.05, 4.69) is 0 Å². The molecule has 2 rings (SSSR count). The maximum atomic E-state index is 12.5. The van der Waals surface area contributed by atoms with E-state index in [4.69, 9.17) is 5.73 Å². The monoisotopic (exact) mass is 275 g/mol. The molecule has 1 aliphatic heterocycles. The predicted molar refractivity (Wildman–Crippen MR) is 79.7 cm³/mol. The summed E-state index contributed by atoms with van der Waals surface area (Å²) in [5.74, 6) is -0.693. The van der Waals surface area contributed by atoms with Gasteiger partial charge in [0, 0.05) is 12.1 Å². The molecule has 20 heavy (non-hydrogen) atoms. The smallest absolute Gasteiger partial charge is 0.253 e. The van der Waals surface area contributed by atoms with Crippen LogP contribution in [-0.2, 0) is 9.59 Å². The van der Waals surface area contributed by atoms with Gasteiger partial charge in [-0.1, -0.05) is 12.1 Å². The molecule has 1 heterocycles. The van der Waals surface area contributed by atoms with Crippen molar-refractivity contribution in [2.75, 3.05) is 9.80 Å². The summed E-state index contributed by atoms with van der Waals surface area (Å²) in [6, 6.07) is 6.17. The summed E-state index contributed by atoms with van der Waals surface area (Å²) in [6.07, 6.45) is 0. The molecule has 0 radical (unpaired) electrons. The fourth-order valence-corrected chi connectivity index (χ4v) is 2.58. The molecule has 2 N–H and O–H groups in total. The van der Waals surface area contributed by atoms with Crippen LogP contribution >= 0.6 is 0 Å². The zero-order chi connectivity index (χ0) is 15.0. The lowest BCUT2D eigenvalue weighted by atomic mass is 10.2. The largest absolute Gasteiger partial charge is 0.312 e. The molecule has 0 fully saturated rings. The molecule has 0 spiro atoms. The highest BCUT2D eigenvalue weighted by Gasteiger charge is 2.39. The minimum atomic E-state index is -1.15. The number of benzene rings is 1. The zero-order valence-corrected chi connectivity index (χ0v) is 12.3. The van der Waals surface area contributed by atoms with Crippen LogP contribution in [0.15, 0.2) is 24.3 Å². The third kappa shape index (κ3) is 2.18. The van der Waals surface area contributed by atoms with E-state index in [-0.39, 0.29) is 23.9 Å². The number of hydrogen-bond acceptors (Lipinski definition) is 3. The maximum absolute atomic E-state index is 12.5. The molecular formula is C15H21N3O2. The highest BCUT2D eigenvalue weighted by atomic mass is 16.2. The number of anilines is 2. The molecule has 0 atom stereocenters. The lowest BCUT2D eigenvalue weighted by Crippen LogP contribution is -2.53. The van der Waals surface area contributed by atoms with Crippen molar-refractivity contribution in [3.8, 4) is 0 Å². The Morgan fingerprint density at radius 2 is 1.25 bits per heavy atom. The first-order valence-electron chi connectivity index (χ1n) is 6.87. The molecular weight excluding hydrogens is 254 g/mol. The van der Waals surface area contributed by atoms with Gasteiger partial charge in [-0.25, -0.2) is 0 Å². The second-order valence-corrected chi connectivity index (χ2v) is 5.57. The predicted octanol–water partition coefficient (Wildman–Crippen LogP) is 1.51. The number of para-hydroxylation sites is 2. The van der Waals surface area contributed by atoms with E-state index in [1.165, 1.54) is 0 Å². The van der Waals surface area contributed by atoms with Crippen molar-refractivity contribution < 1.29 is 9.59 Å². The van der Waals surface area contributed by atoms with Crippen LogP contribution in [0.4, 0.5) is 11.4 Å². The Morgan fingerprint density at radius 1 is 0.900 bits per heavy atom. The van der Waals surface area contributed by atoms with Crippen LogP contribution in [0.25, 0.3) is 0 Å². The van der Waals surface area contributed by atoms with Crippen molar-refractivity contribution in [2.24, 2.45) is 5.73 Å². The van der Waals surface area contributed by atoms with Gasteiger partial charge < -0.3 is 15.5 Å². The molecule has 0 saturated heterocycles. The van der Waals surface area contributed by atoms with Gasteiger partial charge in [0.15, 0.2) is 6.04 Å². The quantitative estimate of drug-likeness (QED) is 0.832. The van der Waals surface area contributed by atoms with Crippen LogP contribution < -0.4 is 15.5 Å². The second kappa shape index (κ2) is 5.25. The first-order valence-corrected chi connectivity index (χ1v) is 6.87. The number of carbonyl (C=O) groups excluding carboxylic acids is 2.